The van der Waals surface area contributed by atoms with Gasteiger partial charge in [0.25, 0.3) is 0 Å². The monoisotopic (exact) mass is 402 g/mol. The fourth-order valence-corrected chi connectivity index (χ4v) is 3.52. The van der Waals surface area contributed by atoms with Crippen LogP contribution in [0.3, 0.4) is 0 Å². The van der Waals surface area contributed by atoms with Gasteiger partial charge in [-0.1, -0.05) is 22.9 Å². The van der Waals surface area contributed by atoms with E-state index in [2.05, 4.69) is 21.2 Å². The molecule has 1 fully saturated rings. The van der Waals surface area contributed by atoms with Crippen LogP contribution in [0.15, 0.2) is 23.3 Å². The Kier molecular flexibility index (Phi) is 5.14. The van der Waals surface area contributed by atoms with E-state index in [1.807, 2.05) is 6.92 Å². The van der Waals surface area contributed by atoms with Gasteiger partial charge >= 0.3 is 6.09 Å². The standard InChI is InChI=1S/C17H24BrFN2O3/c1-6-17(18)11-8-10(19)9-12(13(11)20-14(17)22)21(7-2)15(23)24-16(3,4)5/h9,11H,6-8H2,1-5H3,(H,20,22). The van der Waals surface area contributed by atoms with E-state index in [9.17, 15) is 14.0 Å². The highest BCUT2D eigenvalue weighted by Gasteiger charge is 2.52. The SMILES string of the molecule is CCN(C(=O)OC(C)(C)C)C1=C2NC(=O)C(Br)(CC)C2CC(F)=C1. The summed E-state index contributed by atoms with van der Waals surface area (Å²) in [5.74, 6) is -0.924. The van der Waals surface area contributed by atoms with Crippen LogP contribution >= 0.6 is 15.9 Å². The Labute approximate surface area is 150 Å². The van der Waals surface area contributed by atoms with Gasteiger partial charge in [0.15, 0.2) is 0 Å². The molecule has 1 saturated heterocycles. The molecule has 24 heavy (non-hydrogen) atoms. The van der Waals surface area contributed by atoms with E-state index in [0.717, 1.165) is 0 Å². The molecule has 2 amide bonds. The quantitative estimate of drug-likeness (QED) is 0.725. The highest BCUT2D eigenvalue weighted by atomic mass is 79.9. The number of nitrogens with one attached hydrogen (secondary N) is 1. The molecule has 5 nitrogen and oxygen atoms in total. The summed E-state index contributed by atoms with van der Waals surface area (Å²) < 4.78 is 18.8. The molecule has 0 saturated carbocycles. The largest absolute Gasteiger partial charge is 0.443 e. The van der Waals surface area contributed by atoms with Crippen LogP contribution in [-0.4, -0.2) is 33.4 Å². The summed E-state index contributed by atoms with van der Waals surface area (Å²) in [4.78, 5) is 26.2. The number of alkyl halides is 1. The molecule has 1 aliphatic carbocycles. The first-order valence-corrected chi connectivity index (χ1v) is 8.94. The van der Waals surface area contributed by atoms with Gasteiger partial charge in [0.2, 0.25) is 5.91 Å². The molecule has 1 heterocycles. The van der Waals surface area contributed by atoms with Gasteiger partial charge in [-0.25, -0.2) is 9.18 Å². The normalized spacial score (nSPS) is 26.7. The number of nitrogens with zero attached hydrogens (tertiary/aromatic N) is 1. The number of allylic oxidation sites excluding steroid dienone is 3. The molecule has 2 unspecified atom stereocenters. The summed E-state index contributed by atoms with van der Waals surface area (Å²) in [6.45, 7) is 9.28. The van der Waals surface area contributed by atoms with Gasteiger partial charge in [0.1, 0.15) is 15.8 Å². The van der Waals surface area contributed by atoms with Crippen molar-refractivity contribution in [1.82, 2.24) is 10.2 Å². The van der Waals surface area contributed by atoms with Crippen LogP contribution in [0.4, 0.5) is 9.18 Å². The van der Waals surface area contributed by atoms with Gasteiger partial charge in [-0.3, -0.25) is 9.69 Å². The summed E-state index contributed by atoms with van der Waals surface area (Å²) in [5.41, 5.74) is 0.282. The molecular weight excluding hydrogens is 379 g/mol. The van der Waals surface area contributed by atoms with Crippen LogP contribution in [-0.2, 0) is 9.53 Å². The molecule has 2 atom stereocenters. The lowest BCUT2D eigenvalue weighted by molar-refractivity contribution is -0.121. The molecule has 1 aliphatic heterocycles. The molecule has 2 aliphatic rings. The number of fused-ring (bicyclic) bond motifs is 1. The lowest BCUT2D eigenvalue weighted by Gasteiger charge is -2.32. The Morgan fingerprint density at radius 2 is 2.12 bits per heavy atom. The number of halogens is 2. The average molecular weight is 403 g/mol. The van der Waals surface area contributed by atoms with Gasteiger partial charge in [0, 0.05) is 24.6 Å². The summed E-state index contributed by atoms with van der Waals surface area (Å²) in [5, 5.41) is 2.83. The molecule has 1 N–H and O–H groups in total. The number of carbonyl (C=O) groups excluding carboxylic acids is 2. The Bertz CT molecular complexity index is 624. The second-order valence-electron chi connectivity index (χ2n) is 7.04. The number of ether oxygens (including phenoxy) is 1. The van der Waals surface area contributed by atoms with Crippen molar-refractivity contribution >= 4 is 27.9 Å². The Balaban J connectivity index is 2.46. The number of hydrogen-bond acceptors (Lipinski definition) is 3. The van der Waals surface area contributed by atoms with Crippen molar-refractivity contribution in [2.75, 3.05) is 6.54 Å². The van der Waals surface area contributed by atoms with Gasteiger partial charge < -0.3 is 10.1 Å². The number of likely N-dealkylation sites (N-methyl/N-ethyl adjacent to an activating group) is 1. The van der Waals surface area contributed by atoms with Crippen LogP contribution in [0.25, 0.3) is 0 Å². The topological polar surface area (TPSA) is 58.6 Å². The maximum atomic E-state index is 14.3. The fraction of sp³-hybridized carbons (Fsp3) is 0.647. The lowest BCUT2D eigenvalue weighted by atomic mass is 9.84. The third kappa shape index (κ3) is 3.36. The third-order valence-electron chi connectivity index (χ3n) is 4.23. The lowest BCUT2D eigenvalue weighted by Crippen LogP contribution is -2.38. The van der Waals surface area contributed by atoms with Crippen molar-refractivity contribution in [3.8, 4) is 0 Å². The number of carbonyl (C=O) groups is 2. The first-order chi connectivity index (χ1) is 11.0. The van der Waals surface area contributed by atoms with Crippen molar-refractivity contribution in [1.29, 1.82) is 0 Å². The van der Waals surface area contributed by atoms with Crippen LogP contribution < -0.4 is 5.32 Å². The smallest absolute Gasteiger partial charge is 0.414 e. The summed E-state index contributed by atoms with van der Waals surface area (Å²) >= 11 is 3.49. The van der Waals surface area contributed by atoms with Crippen LogP contribution in [0, 0.1) is 5.92 Å². The Morgan fingerprint density at radius 1 is 1.50 bits per heavy atom. The molecular formula is C17H24BrFN2O3. The summed E-state index contributed by atoms with van der Waals surface area (Å²) in [6, 6.07) is 0. The summed E-state index contributed by atoms with van der Waals surface area (Å²) in [7, 11) is 0. The Morgan fingerprint density at radius 3 is 2.62 bits per heavy atom. The van der Waals surface area contributed by atoms with Crippen LogP contribution in [0.1, 0.15) is 47.5 Å². The molecule has 0 aromatic heterocycles. The van der Waals surface area contributed by atoms with Crippen LogP contribution in [0.5, 0.6) is 0 Å². The first kappa shape index (κ1) is 19.0. The van der Waals surface area contributed by atoms with Crippen molar-refractivity contribution in [2.45, 2.75) is 57.4 Å². The molecule has 134 valence electrons. The molecule has 0 bridgehead atoms. The molecule has 2 rings (SSSR count). The first-order valence-electron chi connectivity index (χ1n) is 8.14. The molecule has 0 aromatic carbocycles. The molecule has 7 heteroatoms. The second kappa shape index (κ2) is 6.50. The Hall–Kier alpha value is -1.37. The summed E-state index contributed by atoms with van der Waals surface area (Å²) in [6.07, 6.45) is 1.40. The van der Waals surface area contributed by atoms with Gasteiger partial charge in [-0.05, 0) is 40.2 Å². The van der Waals surface area contributed by atoms with E-state index in [4.69, 9.17) is 4.74 Å². The average Bonchev–Trinajstić information content (AvgIpc) is 2.71. The minimum absolute atomic E-state index is 0.128. The zero-order valence-electron chi connectivity index (χ0n) is 14.7. The minimum Gasteiger partial charge on any atom is -0.443 e. The molecule has 0 spiro atoms. The van der Waals surface area contributed by atoms with Gasteiger partial charge in [-0.15, -0.1) is 0 Å². The van der Waals surface area contributed by atoms with Crippen molar-refractivity contribution < 1.29 is 18.7 Å². The highest BCUT2D eigenvalue weighted by molar-refractivity contribution is 9.10. The maximum absolute atomic E-state index is 14.3. The third-order valence-corrected chi connectivity index (χ3v) is 5.70. The highest BCUT2D eigenvalue weighted by Crippen LogP contribution is 2.47. The van der Waals surface area contributed by atoms with Gasteiger partial charge in [0.05, 0.1) is 5.70 Å². The fourth-order valence-electron chi connectivity index (χ4n) is 3.03. The number of rotatable bonds is 3. The molecule has 0 aromatic rings. The zero-order chi connectivity index (χ0) is 18.3. The minimum atomic E-state index is -0.855. The van der Waals surface area contributed by atoms with Crippen molar-refractivity contribution in [3.63, 3.8) is 0 Å². The van der Waals surface area contributed by atoms with E-state index in [0.29, 0.717) is 24.4 Å². The van der Waals surface area contributed by atoms with Crippen molar-refractivity contribution in [2.24, 2.45) is 5.92 Å². The second-order valence-corrected chi connectivity index (χ2v) is 8.46. The maximum Gasteiger partial charge on any atom is 0.414 e. The van der Waals surface area contributed by atoms with E-state index in [-0.39, 0.29) is 24.1 Å². The predicted octanol–water partition coefficient (Wildman–Crippen LogP) is 4.00. The zero-order valence-corrected chi connectivity index (χ0v) is 16.3. The number of hydrogen-bond donors (Lipinski definition) is 1. The molecule has 0 radical (unpaired) electrons. The number of amides is 2. The van der Waals surface area contributed by atoms with E-state index < -0.39 is 16.0 Å². The van der Waals surface area contributed by atoms with E-state index in [1.54, 1.807) is 27.7 Å². The van der Waals surface area contributed by atoms with Crippen molar-refractivity contribution in [3.05, 3.63) is 23.3 Å². The van der Waals surface area contributed by atoms with E-state index in [1.165, 1.54) is 11.0 Å². The van der Waals surface area contributed by atoms with E-state index >= 15 is 0 Å². The van der Waals surface area contributed by atoms with Crippen LogP contribution in [0.2, 0.25) is 0 Å². The van der Waals surface area contributed by atoms with Gasteiger partial charge in [-0.2, -0.15) is 0 Å². The predicted molar refractivity (Wildman–Crippen MR) is 93.0 cm³/mol.